The van der Waals surface area contributed by atoms with Crippen LogP contribution in [0.2, 0.25) is 0 Å². The van der Waals surface area contributed by atoms with Crippen LogP contribution in [-0.2, 0) is 4.74 Å². The van der Waals surface area contributed by atoms with Gasteiger partial charge in [-0.25, -0.2) is 14.8 Å². The van der Waals surface area contributed by atoms with Crippen LogP contribution in [0, 0.1) is 5.92 Å². The fourth-order valence-corrected chi connectivity index (χ4v) is 2.58. The molecule has 1 fully saturated rings. The van der Waals surface area contributed by atoms with Crippen LogP contribution < -0.4 is 0 Å². The first-order valence-corrected chi connectivity index (χ1v) is 6.31. The highest BCUT2D eigenvalue weighted by Crippen LogP contribution is 2.34. The lowest BCUT2D eigenvalue weighted by Crippen LogP contribution is -2.21. The molecule has 0 spiro atoms. The van der Waals surface area contributed by atoms with Crippen molar-refractivity contribution in [3.05, 3.63) is 23.8 Å². The van der Waals surface area contributed by atoms with Crippen molar-refractivity contribution in [3.63, 3.8) is 0 Å². The zero-order valence-electron chi connectivity index (χ0n) is 10.5. The van der Waals surface area contributed by atoms with Gasteiger partial charge in [0.05, 0.1) is 0 Å². The van der Waals surface area contributed by atoms with E-state index in [1.54, 1.807) is 7.11 Å². The molecule has 5 nitrogen and oxygen atoms in total. The van der Waals surface area contributed by atoms with Gasteiger partial charge in [0, 0.05) is 13.3 Å². The van der Waals surface area contributed by atoms with Gasteiger partial charge in [-0.3, -0.25) is 0 Å². The van der Waals surface area contributed by atoms with E-state index in [-0.39, 0.29) is 11.8 Å². The standard InChI is InChI=1S/C13H18N2O3/c1-18-11(9-5-3-2-4-6-9)12-14-8-7-10(15-12)13(16)17/h7-9,11H,2-6H2,1H3,(H,16,17). The number of aromatic carboxylic acids is 1. The number of nitrogens with zero attached hydrogens (tertiary/aromatic N) is 2. The summed E-state index contributed by atoms with van der Waals surface area (Å²) in [6.07, 6.45) is 7.15. The second-order valence-electron chi connectivity index (χ2n) is 4.66. The summed E-state index contributed by atoms with van der Waals surface area (Å²) in [5.74, 6) is -0.144. The second-order valence-corrected chi connectivity index (χ2v) is 4.66. The molecule has 1 heterocycles. The molecule has 18 heavy (non-hydrogen) atoms. The van der Waals surface area contributed by atoms with Crippen molar-refractivity contribution in [2.45, 2.75) is 38.2 Å². The smallest absolute Gasteiger partial charge is 0.354 e. The Labute approximate surface area is 106 Å². The van der Waals surface area contributed by atoms with E-state index in [0.29, 0.717) is 11.7 Å². The minimum atomic E-state index is -1.03. The summed E-state index contributed by atoms with van der Waals surface area (Å²) in [7, 11) is 1.63. The zero-order chi connectivity index (χ0) is 13.0. The highest BCUT2D eigenvalue weighted by molar-refractivity contribution is 5.85. The van der Waals surface area contributed by atoms with Crippen molar-refractivity contribution in [3.8, 4) is 0 Å². The molecular weight excluding hydrogens is 232 g/mol. The molecule has 5 heteroatoms. The summed E-state index contributed by atoms with van der Waals surface area (Å²) in [4.78, 5) is 19.2. The highest BCUT2D eigenvalue weighted by atomic mass is 16.5. The van der Waals surface area contributed by atoms with Gasteiger partial charge in [0.25, 0.3) is 0 Å². The van der Waals surface area contributed by atoms with E-state index in [1.165, 1.54) is 31.5 Å². The third-order valence-electron chi connectivity index (χ3n) is 3.48. The molecule has 1 atom stereocenters. The fourth-order valence-electron chi connectivity index (χ4n) is 2.58. The summed E-state index contributed by atoms with van der Waals surface area (Å²) in [5, 5.41) is 8.94. The predicted molar refractivity (Wildman–Crippen MR) is 65.3 cm³/mol. The first kappa shape index (κ1) is 13.0. The number of methoxy groups -OCH3 is 1. The lowest BCUT2D eigenvalue weighted by molar-refractivity contribution is 0.0285. The summed E-state index contributed by atoms with van der Waals surface area (Å²) >= 11 is 0. The molecule has 1 aromatic rings. The Hall–Kier alpha value is -1.49. The third kappa shape index (κ3) is 2.85. The Morgan fingerprint density at radius 3 is 2.78 bits per heavy atom. The molecule has 0 aromatic carbocycles. The van der Waals surface area contributed by atoms with Crippen LogP contribution in [0.1, 0.15) is 54.5 Å². The first-order valence-electron chi connectivity index (χ1n) is 6.31. The van der Waals surface area contributed by atoms with Gasteiger partial charge in [-0.2, -0.15) is 0 Å². The Bertz CT molecular complexity index is 416. The number of hydrogen-bond donors (Lipinski definition) is 1. The lowest BCUT2D eigenvalue weighted by Gasteiger charge is -2.28. The van der Waals surface area contributed by atoms with E-state index in [2.05, 4.69) is 9.97 Å². The topological polar surface area (TPSA) is 72.3 Å². The van der Waals surface area contributed by atoms with Gasteiger partial charge >= 0.3 is 5.97 Å². The normalized spacial score (nSPS) is 18.5. The molecule has 0 radical (unpaired) electrons. The monoisotopic (exact) mass is 250 g/mol. The van der Waals surface area contributed by atoms with E-state index in [0.717, 1.165) is 12.8 Å². The molecule has 2 rings (SSSR count). The quantitative estimate of drug-likeness (QED) is 0.888. The maximum absolute atomic E-state index is 10.9. The van der Waals surface area contributed by atoms with Crippen molar-refractivity contribution < 1.29 is 14.6 Å². The van der Waals surface area contributed by atoms with Gasteiger partial charge in [-0.1, -0.05) is 19.3 Å². The summed E-state index contributed by atoms with van der Waals surface area (Å²) < 4.78 is 5.49. The summed E-state index contributed by atoms with van der Waals surface area (Å²) in [6, 6.07) is 1.40. The molecule has 1 N–H and O–H groups in total. The summed E-state index contributed by atoms with van der Waals surface area (Å²) in [5.41, 5.74) is 0.0258. The molecule has 1 saturated carbocycles. The van der Waals surface area contributed by atoms with E-state index in [1.807, 2.05) is 0 Å². The molecule has 0 bridgehead atoms. The predicted octanol–water partition coefficient (Wildman–Crippen LogP) is 2.44. The molecular formula is C13H18N2O3. The fraction of sp³-hybridized carbons (Fsp3) is 0.615. The molecule has 1 aliphatic rings. The van der Waals surface area contributed by atoms with Gasteiger partial charge < -0.3 is 9.84 Å². The van der Waals surface area contributed by atoms with Crippen molar-refractivity contribution in [1.29, 1.82) is 0 Å². The molecule has 1 unspecified atom stereocenters. The molecule has 1 aliphatic carbocycles. The van der Waals surface area contributed by atoms with Crippen LogP contribution >= 0.6 is 0 Å². The van der Waals surface area contributed by atoms with E-state index >= 15 is 0 Å². The van der Waals surface area contributed by atoms with Crippen molar-refractivity contribution in [2.75, 3.05) is 7.11 Å². The maximum atomic E-state index is 10.9. The second kappa shape index (κ2) is 5.91. The van der Waals surface area contributed by atoms with Crippen molar-refractivity contribution in [2.24, 2.45) is 5.92 Å². The average Bonchev–Trinajstić information content (AvgIpc) is 2.41. The van der Waals surface area contributed by atoms with Crippen LogP contribution in [0.25, 0.3) is 0 Å². The first-order chi connectivity index (χ1) is 8.72. The number of carboxylic acid groups (broad SMARTS) is 1. The number of ether oxygens (including phenoxy) is 1. The maximum Gasteiger partial charge on any atom is 0.354 e. The van der Waals surface area contributed by atoms with E-state index in [4.69, 9.17) is 9.84 Å². The lowest BCUT2D eigenvalue weighted by atomic mass is 9.85. The Kier molecular flexibility index (Phi) is 4.25. The Balaban J connectivity index is 2.20. The van der Waals surface area contributed by atoms with Crippen LogP contribution in [0.3, 0.4) is 0 Å². The minimum absolute atomic E-state index is 0.0258. The number of carboxylic acids is 1. The largest absolute Gasteiger partial charge is 0.477 e. The van der Waals surface area contributed by atoms with Gasteiger partial charge in [0.15, 0.2) is 11.5 Å². The van der Waals surface area contributed by atoms with Gasteiger partial charge in [0.2, 0.25) is 0 Å². The molecule has 0 amide bonds. The number of aromatic nitrogens is 2. The molecule has 1 aromatic heterocycles. The van der Waals surface area contributed by atoms with Crippen LogP contribution in [0.5, 0.6) is 0 Å². The molecule has 0 aliphatic heterocycles. The Morgan fingerprint density at radius 2 is 2.17 bits per heavy atom. The number of hydrogen-bond acceptors (Lipinski definition) is 4. The van der Waals surface area contributed by atoms with E-state index in [9.17, 15) is 4.79 Å². The highest BCUT2D eigenvalue weighted by Gasteiger charge is 2.27. The SMILES string of the molecule is COC(c1nccc(C(=O)O)n1)C1CCCCC1. The van der Waals surface area contributed by atoms with E-state index < -0.39 is 5.97 Å². The van der Waals surface area contributed by atoms with Gasteiger partial charge in [-0.05, 0) is 24.8 Å². The van der Waals surface area contributed by atoms with Crippen LogP contribution in [-0.4, -0.2) is 28.2 Å². The average molecular weight is 250 g/mol. The van der Waals surface area contributed by atoms with Crippen molar-refractivity contribution >= 4 is 5.97 Å². The summed E-state index contributed by atoms with van der Waals surface area (Å²) in [6.45, 7) is 0. The van der Waals surface area contributed by atoms with Crippen LogP contribution in [0.4, 0.5) is 0 Å². The van der Waals surface area contributed by atoms with Gasteiger partial charge in [-0.15, -0.1) is 0 Å². The van der Waals surface area contributed by atoms with Crippen LogP contribution in [0.15, 0.2) is 12.3 Å². The number of carbonyl (C=O) groups is 1. The third-order valence-corrected chi connectivity index (χ3v) is 3.48. The molecule has 98 valence electrons. The zero-order valence-corrected chi connectivity index (χ0v) is 10.5. The van der Waals surface area contributed by atoms with Gasteiger partial charge in [0.1, 0.15) is 6.10 Å². The molecule has 0 saturated heterocycles. The Morgan fingerprint density at radius 1 is 1.44 bits per heavy atom. The van der Waals surface area contributed by atoms with Crippen molar-refractivity contribution in [1.82, 2.24) is 9.97 Å². The number of rotatable bonds is 4. The minimum Gasteiger partial charge on any atom is -0.477 e.